The molecule has 0 amide bonds. The monoisotopic (exact) mass is 258 g/mol. The van der Waals surface area contributed by atoms with Crippen molar-refractivity contribution >= 4 is 5.97 Å². The molecule has 0 unspecified atom stereocenters. The fourth-order valence-electron chi connectivity index (χ4n) is 1.54. The van der Waals surface area contributed by atoms with Gasteiger partial charge in [0.05, 0.1) is 13.3 Å². The first-order valence-electron chi connectivity index (χ1n) is 5.79. The SMILES string of the molecule is COC(=O)c1nc(C)ncc1OCc1ccccc1. The van der Waals surface area contributed by atoms with Crippen LogP contribution in [0.15, 0.2) is 36.5 Å². The first kappa shape index (κ1) is 13.0. The number of ether oxygens (including phenoxy) is 2. The molecular weight excluding hydrogens is 244 g/mol. The van der Waals surface area contributed by atoms with E-state index in [1.165, 1.54) is 13.3 Å². The molecule has 0 radical (unpaired) electrons. The number of aryl methyl sites for hydroxylation is 1. The van der Waals surface area contributed by atoms with E-state index in [9.17, 15) is 4.79 Å². The highest BCUT2D eigenvalue weighted by Gasteiger charge is 2.16. The highest BCUT2D eigenvalue weighted by atomic mass is 16.5. The lowest BCUT2D eigenvalue weighted by atomic mass is 10.2. The van der Waals surface area contributed by atoms with Gasteiger partial charge in [-0.1, -0.05) is 30.3 Å². The van der Waals surface area contributed by atoms with Gasteiger partial charge in [-0.15, -0.1) is 0 Å². The Kier molecular flexibility index (Phi) is 4.07. The predicted molar refractivity (Wildman–Crippen MR) is 68.9 cm³/mol. The van der Waals surface area contributed by atoms with Crippen molar-refractivity contribution in [2.75, 3.05) is 7.11 Å². The van der Waals surface area contributed by atoms with Crippen LogP contribution in [-0.2, 0) is 11.3 Å². The fourth-order valence-corrected chi connectivity index (χ4v) is 1.54. The van der Waals surface area contributed by atoms with Crippen LogP contribution in [0.2, 0.25) is 0 Å². The van der Waals surface area contributed by atoms with Gasteiger partial charge >= 0.3 is 5.97 Å². The van der Waals surface area contributed by atoms with Crippen molar-refractivity contribution in [3.05, 3.63) is 53.6 Å². The standard InChI is InChI=1S/C14H14N2O3/c1-10-15-8-12(13(16-10)14(17)18-2)19-9-11-6-4-3-5-7-11/h3-8H,9H2,1-2H3. The molecule has 1 heterocycles. The van der Waals surface area contributed by atoms with Gasteiger partial charge in [0.25, 0.3) is 0 Å². The molecule has 98 valence electrons. The van der Waals surface area contributed by atoms with Gasteiger partial charge in [-0.05, 0) is 12.5 Å². The zero-order valence-electron chi connectivity index (χ0n) is 10.8. The van der Waals surface area contributed by atoms with E-state index in [2.05, 4.69) is 14.7 Å². The second-order valence-corrected chi connectivity index (χ2v) is 3.90. The Morgan fingerprint density at radius 1 is 1.26 bits per heavy atom. The summed E-state index contributed by atoms with van der Waals surface area (Å²) in [5.74, 6) is 0.280. The van der Waals surface area contributed by atoms with Crippen LogP contribution < -0.4 is 4.74 Å². The van der Waals surface area contributed by atoms with E-state index in [4.69, 9.17) is 4.74 Å². The van der Waals surface area contributed by atoms with Crippen LogP contribution in [0, 0.1) is 6.92 Å². The van der Waals surface area contributed by atoms with E-state index < -0.39 is 5.97 Å². The molecule has 1 aromatic carbocycles. The summed E-state index contributed by atoms with van der Waals surface area (Å²) in [6.45, 7) is 2.05. The summed E-state index contributed by atoms with van der Waals surface area (Å²) in [7, 11) is 1.31. The number of hydrogen-bond acceptors (Lipinski definition) is 5. The molecule has 2 rings (SSSR count). The molecule has 1 aromatic heterocycles. The minimum atomic E-state index is -0.534. The highest BCUT2D eigenvalue weighted by Crippen LogP contribution is 2.17. The second kappa shape index (κ2) is 5.95. The topological polar surface area (TPSA) is 61.3 Å². The Bertz CT molecular complexity index is 570. The molecule has 0 saturated carbocycles. The van der Waals surface area contributed by atoms with Gasteiger partial charge in [0, 0.05) is 0 Å². The van der Waals surface area contributed by atoms with Crippen LogP contribution >= 0.6 is 0 Å². The number of nitrogens with zero attached hydrogens (tertiary/aromatic N) is 2. The molecule has 0 spiro atoms. The Hall–Kier alpha value is -2.43. The molecule has 0 saturated heterocycles. The van der Waals surface area contributed by atoms with Gasteiger partial charge < -0.3 is 9.47 Å². The van der Waals surface area contributed by atoms with E-state index in [0.29, 0.717) is 18.2 Å². The number of esters is 1. The van der Waals surface area contributed by atoms with E-state index in [-0.39, 0.29) is 5.69 Å². The molecule has 0 atom stereocenters. The molecule has 19 heavy (non-hydrogen) atoms. The van der Waals surface area contributed by atoms with Crippen LogP contribution in [0.25, 0.3) is 0 Å². The van der Waals surface area contributed by atoms with Crippen LogP contribution in [0.5, 0.6) is 5.75 Å². The molecule has 2 aromatic rings. The summed E-state index contributed by atoms with van der Waals surface area (Å²) in [6, 6.07) is 9.65. The van der Waals surface area contributed by atoms with Gasteiger partial charge in [0.1, 0.15) is 12.4 Å². The lowest BCUT2D eigenvalue weighted by molar-refractivity contribution is 0.0587. The van der Waals surface area contributed by atoms with Gasteiger partial charge in [-0.2, -0.15) is 0 Å². The molecule has 0 aliphatic rings. The van der Waals surface area contributed by atoms with Gasteiger partial charge in [0.2, 0.25) is 0 Å². The van der Waals surface area contributed by atoms with Crippen molar-refractivity contribution in [3.63, 3.8) is 0 Å². The van der Waals surface area contributed by atoms with Crippen molar-refractivity contribution in [1.29, 1.82) is 0 Å². The summed E-state index contributed by atoms with van der Waals surface area (Å²) in [5.41, 5.74) is 1.14. The quantitative estimate of drug-likeness (QED) is 0.786. The largest absolute Gasteiger partial charge is 0.485 e. The zero-order valence-corrected chi connectivity index (χ0v) is 10.8. The highest BCUT2D eigenvalue weighted by molar-refractivity contribution is 5.90. The second-order valence-electron chi connectivity index (χ2n) is 3.90. The number of carbonyl (C=O) groups is 1. The number of aromatic nitrogens is 2. The van der Waals surface area contributed by atoms with Crippen LogP contribution in [0.3, 0.4) is 0 Å². The van der Waals surface area contributed by atoms with Crippen molar-refractivity contribution < 1.29 is 14.3 Å². The zero-order chi connectivity index (χ0) is 13.7. The van der Waals surface area contributed by atoms with Gasteiger partial charge in [-0.3, -0.25) is 0 Å². The third kappa shape index (κ3) is 3.28. The third-order valence-electron chi connectivity index (χ3n) is 2.49. The number of hydrogen-bond donors (Lipinski definition) is 0. The lowest BCUT2D eigenvalue weighted by Crippen LogP contribution is -2.10. The predicted octanol–water partition coefficient (Wildman–Crippen LogP) is 2.15. The minimum absolute atomic E-state index is 0.144. The smallest absolute Gasteiger partial charge is 0.360 e. The fraction of sp³-hybridized carbons (Fsp3) is 0.214. The Morgan fingerprint density at radius 3 is 2.68 bits per heavy atom. The van der Waals surface area contributed by atoms with Crippen molar-refractivity contribution in [2.45, 2.75) is 13.5 Å². The normalized spacial score (nSPS) is 10.0. The summed E-state index contributed by atoms with van der Waals surface area (Å²) < 4.78 is 10.3. The van der Waals surface area contributed by atoms with Gasteiger partial charge in [0.15, 0.2) is 11.4 Å². The molecule has 5 nitrogen and oxygen atoms in total. The van der Waals surface area contributed by atoms with Crippen molar-refractivity contribution in [1.82, 2.24) is 9.97 Å². The minimum Gasteiger partial charge on any atom is -0.485 e. The molecule has 0 aliphatic heterocycles. The van der Waals surface area contributed by atoms with E-state index in [0.717, 1.165) is 5.56 Å². The molecule has 0 fully saturated rings. The summed E-state index contributed by atoms with van der Waals surface area (Å²) >= 11 is 0. The third-order valence-corrected chi connectivity index (χ3v) is 2.49. The van der Waals surface area contributed by atoms with Crippen LogP contribution in [-0.4, -0.2) is 23.0 Å². The number of benzene rings is 1. The average Bonchev–Trinajstić information content (AvgIpc) is 2.46. The van der Waals surface area contributed by atoms with Gasteiger partial charge in [-0.25, -0.2) is 14.8 Å². The maximum atomic E-state index is 11.6. The van der Waals surface area contributed by atoms with E-state index >= 15 is 0 Å². The van der Waals surface area contributed by atoms with Crippen molar-refractivity contribution in [3.8, 4) is 5.75 Å². The Balaban J connectivity index is 2.18. The summed E-state index contributed by atoms with van der Waals surface area (Å²) in [4.78, 5) is 19.7. The first-order valence-corrected chi connectivity index (χ1v) is 5.79. The first-order chi connectivity index (χ1) is 9.20. The number of rotatable bonds is 4. The van der Waals surface area contributed by atoms with E-state index in [1.54, 1.807) is 6.92 Å². The Morgan fingerprint density at radius 2 is 2.00 bits per heavy atom. The maximum Gasteiger partial charge on any atom is 0.360 e. The summed E-state index contributed by atoms with van der Waals surface area (Å²) in [6.07, 6.45) is 1.48. The molecule has 0 N–H and O–H groups in total. The average molecular weight is 258 g/mol. The summed E-state index contributed by atoms with van der Waals surface area (Å²) in [5, 5.41) is 0. The Labute approximate surface area is 111 Å². The number of carbonyl (C=O) groups excluding carboxylic acids is 1. The molecule has 0 aliphatic carbocycles. The molecular formula is C14H14N2O3. The lowest BCUT2D eigenvalue weighted by Gasteiger charge is -2.09. The number of methoxy groups -OCH3 is 1. The molecule has 0 bridgehead atoms. The van der Waals surface area contributed by atoms with Crippen LogP contribution in [0.1, 0.15) is 21.9 Å². The van der Waals surface area contributed by atoms with Crippen LogP contribution in [0.4, 0.5) is 0 Å². The molecule has 5 heteroatoms. The van der Waals surface area contributed by atoms with Crippen molar-refractivity contribution in [2.24, 2.45) is 0 Å². The van der Waals surface area contributed by atoms with E-state index in [1.807, 2.05) is 30.3 Å². The maximum absolute atomic E-state index is 11.6.